The van der Waals surface area contributed by atoms with Crippen LogP contribution in [-0.4, -0.2) is 22.6 Å². The van der Waals surface area contributed by atoms with Crippen LogP contribution in [0.1, 0.15) is 37.1 Å². The Balaban J connectivity index is 1.56. The first-order chi connectivity index (χ1) is 10.3. The zero-order valence-electron chi connectivity index (χ0n) is 12.7. The van der Waals surface area contributed by atoms with Gasteiger partial charge in [-0.1, -0.05) is 12.1 Å². The van der Waals surface area contributed by atoms with Crippen molar-refractivity contribution < 1.29 is 4.74 Å². The highest BCUT2D eigenvalue weighted by molar-refractivity contribution is 5.28. The smallest absolute Gasteiger partial charge is 0.130 e. The van der Waals surface area contributed by atoms with E-state index in [0.29, 0.717) is 18.7 Å². The molecule has 1 aliphatic carbocycles. The molecule has 0 radical (unpaired) electrons. The summed E-state index contributed by atoms with van der Waals surface area (Å²) in [4.78, 5) is 4.23. The van der Waals surface area contributed by atoms with Crippen LogP contribution in [0, 0.1) is 0 Å². The summed E-state index contributed by atoms with van der Waals surface area (Å²) >= 11 is 0. The van der Waals surface area contributed by atoms with Gasteiger partial charge in [-0.05, 0) is 50.9 Å². The van der Waals surface area contributed by atoms with Crippen molar-refractivity contribution in [3.63, 3.8) is 0 Å². The van der Waals surface area contributed by atoms with Gasteiger partial charge in [-0.15, -0.1) is 0 Å². The number of hydrogen-bond acceptors (Lipinski definition) is 3. The largest absolute Gasteiger partial charge is 0.487 e. The number of nitrogens with one attached hydrogen (secondary N) is 1. The van der Waals surface area contributed by atoms with Crippen molar-refractivity contribution in [1.82, 2.24) is 14.9 Å². The summed E-state index contributed by atoms with van der Waals surface area (Å²) in [6, 6.07) is 9.52. The van der Waals surface area contributed by atoms with Crippen molar-refractivity contribution in [2.45, 2.75) is 44.9 Å². The zero-order chi connectivity index (χ0) is 14.7. The molecule has 1 fully saturated rings. The zero-order valence-corrected chi connectivity index (χ0v) is 12.7. The van der Waals surface area contributed by atoms with Gasteiger partial charge in [-0.2, -0.15) is 0 Å². The Morgan fingerprint density at radius 1 is 1.33 bits per heavy atom. The van der Waals surface area contributed by atoms with Crippen LogP contribution in [0.3, 0.4) is 0 Å². The number of benzene rings is 1. The normalized spacial score (nSPS) is 15.9. The molecule has 2 aromatic rings. The molecule has 1 unspecified atom stereocenters. The number of rotatable bonds is 7. The van der Waals surface area contributed by atoms with Crippen LogP contribution in [-0.2, 0) is 13.0 Å². The third-order valence-electron chi connectivity index (χ3n) is 4.03. The molecule has 1 aromatic carbocycles. The van der Waals surface area contributed by atoms with E-state index in [1.165, 1.54) is 18.4 Å². The summed E-state index contributed by atoms with van der Waals surface area (Å²) in [7, 11) is 1.99. The van der Waals surface area contributed by atoms with E-state index >= 15 is 0 Å². The monoisotopic (exact) mass is 285 g/mol. The standard InChI is InChI=1S/C17H23N3O/c1-13(18-2)9-14-3-7-17(8-4-14)21-11-16-10-19-12-20(16)15-5-6-15/h3-4,7-8,10,12-13,15,18H,5-6,9,11H2,1-2H3. The molecular weight excluding hydrogens is 262 g/mol. The lowest BCUT2D eigenvalue weighted by Crippen LogP contribution is -2.23. The summed E-state index contributed by atoms with van der Waals surface area (Å²) in [5.74, 6) is 0.916. The van der Waals surface area contributed by atoms with Gasteiger partial charge in [0.05, 0.1) is 18.2 Å². The summed E-state index contributed by atoms with van der Waals surface area (Å²) in [6.07, 6.45) is 7.38. The van der Waals surface area contributed by atoms with Gasteiger partial charge in [-0.25, -0.2) is 4.98 Å². The fraction of sp³-hybridized carbons (Fsp3) is 0.471. The number of ether oxygens (including phenoxy) is 1. The van der Waals surface area contributed by atoms with Crippen LogP contribution >= 0.6 is 0 Å². The Labute approximate surface area is 126 Å². The minimum absolute atomic E-state index is 0.490. The molecule has 4 nitrogen and oxygen atoms in total. The number of imidazole rings is 1. The van der Waals surface area contributed by atoms with E-state index in [0.717, 1.165) is 17.9 Å². The second kappa shape index (κ2) is 6.31. The fourth-order valence-corrected chi connectivity index (χ4v) is 2.46. The van der Waals surface area contributed by atoms with Gasteiger partial charge in [0, 0.05) is 12.1 Å². The lowest BCUT2D eigenvalue weighted by atomic mass is 10.1. The molecule has 1 saturated carbocycles. The van der Waals surface area contributed by atoms with Crippen molar-refractivity contribution in [3.8, 4) is 5.75 Å². The van der Waals surface area contributed by atoms with E-state index < -0.39 is 0 Å². The van der Waals surface area contributed by atoms with Gasteiger partial charge in [0.1, 0.15) is 12.4 Å². The molecule has 112 valence electrons. The Morgan fingerprint density at radius 3 is 2.76 bits per heavy atom. The molecule has 0 bridgehead atoms. The van der Waals surface area contributed by atoms with Crippen LogP contribution in [0.4, 0.5) is 0 Å². The van der Waals surface area contributed by atoms with Gasteiger partial charge in [0.2, 0.25) is 0 Å². The van der Waals surface area contributed by atoms with E-state index in [2.05, 4.69) is 46.1 Å². The van der Waals surface area contributed by atoms with E-state index in [4.69, 9.17) is 4.74 Å². The molecule has 21 heavy (non-hydrogen) atoms. The highest BCUT2D eigenvalue weighted by atomic mass is 16.5. The van der Waals surface area contributed by atoms with Crippen molar-refractivity contribution in [2.24, 2.45) is 0 Å². The molecule has 1 heterocycles. The maximum absolute atomic E-state index is 5.88. The Bertz CT molecular complexity index is 572. The van der Waals surface area contributed by atoms with Crippen LogP contribution in [0.15, 0.2) is 36.8 Å². The topological polar surface area (TPSA) is 39.1 Å². The second-order valence-electron chi connectivity index (χ2n) is 5.85. The molecule has 0 aliphatic heterocycles. The number of aromatic nitrogens is 2. The number of likely N-dealkylation sites (N-methyl/N-ethyl adjacent to an activating group) is 1. The summed E-state index contributed by atoms with van der Waals surface area (Å²) in [6.45, 7) is 2.77. The average Bonchev–Trinajstić information content (AvgIpc) is 3.25. The van der Waals surface area contributed by atoms with Crippen LogP contribution < -0.4 is 10.1 Å². The molecule has 0 amide bonds. The molecule has 1 atom stereocenters. The predicted molar refractivity (Wildman–Crippen MR) is 83.5 cm³/mol. The summed E-state index contributed by atoms with van der Waals surface area (Å²) < 4.78 is 8.12. The lowest BCUT2D eigenvalue weighted by Gasteiger charge is -2.11. The number of hydrogen-bond donors (Lipinski definition) is 1. The fourth-order valence-electron chi connectivity index (χ4n) is 2.46. The van der Waals surface area contributed by atoms with Gasteiger partial charge in [-0.3, -0.25) is 0 Å². The van der Waals surface area contributed by atoms with Gasteiger partial charge in [0.15, 0.2) is 0 Å². The van der Waals surface area contributed by atoms with Gasteiger partial charge in [0.25, 0.3) is 0 Å². The third kappa shape index (κ3) is 3.64. The van der Waals surface area contributed by atoms with Gasteiger partial charge < -0.3 is 14.6 Å². The minimum atomic E-state index is 0.490. The maximum Gasteiger partial charge on any atom is 0.130 e. The van der Waals surface area contributed by atoms with Crippen molar-refractivity contribution in [1.29, 1.82) is 0 Å². The molecule has 1 aromatic heterocycles. The van der Waals surface area contributed by atoms with Crippen molar-refractivity contribution in [3.05, 3.63) is 48.0 Å². The SMILES string of the molecule is CNC(C)Cc1ccc(OCc2cncn2C2CC2)cc1. The molecular formula is C17H23N3O. The summed E-state index contributed by atoms with van der Waals surface area (Å²) in [5, 5.41) is 3.25. The second-order valence-corrected chi connectivity index (χ2v) is 5.85. The highest BCUT2D eigenvalue weighted by Crippen LogP contribution is 2.35. The Hall–Kier alpha value is -1.81. The van der Waals surface area contributed by atoms with Gasteiger partial charge >= 0.3 is 0 Å². The van der Waals surface area contributed by atoms with Crippen LogP contribution in [0.2, 0.25) is 0 Å². The first-order valence-electron chi connectivity index (χ1n) is 7.66. The van der Waals surface area contributed by atoms with E-state index in [1.54, 1.807) is 0 Å². The van der Waals surface area contributed by atoms with E-state index in [-0.39, 0.29) is 0 Å². The Morgan fingerprint density at radius 2 is 2.10 bits per heavy atom. The molecule has 3 rings (SSSR count). The maximum atomic E-state index is 5.88. The van der Waals surface area contributed by atoms with Crippen LogP contribution in [0.25, 0.3) is 0 Å². The molecule has 0 saturated heterocycles. The van der Waals surface area contributed by atoms with Crippen molar-refractivity contribution in [2.75, 3.05) is 7.05 Å². The first kappa shape index (κ1) is 14.1. The van der Waals surface area contributed by atoms with E-state index in [9.17, 15) is 0 Å². The van der Waals surface area contributed by atoms with E-state index in [1.807, 2.05) is 19.6 Å². The highest BCUT2D eigenvalue weighted by Gasteiger charge is 2.25. The first-order valence-corrected chi connectivity index (χ1v) is 7.66. The summed E-state index contributed by atoms with van der Waals surface area (Å²) in [5.41, 5.74) is 2.48. The molecule has 1 aliphatic rings. The average molecular weight is 285 g/mol. The van der Waals surface area contributed by atoms with Crippen LogP contribution in [0.5, 0.6) is 5.75 Å². The number of nitrogens with zero attached hydrogens (tertiary/aromatic N) is 2. The Kier molecular flexibility index (Phi) is 4.25. The quantitative estimate of drug-likeness (QED) is 0.850. The molecule has 1 N–H and O–H groups in total. The molecule has 4 heteroatoms. The molecule has 0 spiro atoms. The predicted octanol–water partition coefficient (Wildman–Crippen LogP) is 2.95. The lowest BCUT2D eigenvalue weighted by molar-refractivity contribution is 0.295. The third-order valence-corrected chi connectivity index (χ3v) is 4.03. The minimum Gasteiger partial charge on any atom is -0.487 e. The van der Waals surface area contributed by atoms with Crippen molar-refractivity contribution >= 4 is 0 Å².